The van der Waals surface area contributed by atoms with Gasteiger partial charge in [-0.25, -0.2) is 0 Å². The van der Waals surface area contributed by atoms with E-state index >= 15 is 0 Å². The second-order valence-electron chi connectivity index (χ2n) is 5.53. The Morgan fingerprint density at radius 2 is 2.00 bits per heavy atom. The van der Waals surface area contributed by atoms with E-state index in [0.717, 1.165) is 45.3 Å². The van der Waals surface area contributed by atoms with Crippen LogP contribution in [0.2, 0.25) is 0 Å². The van der Waals surface area contributed by atoms with Crippen molar-refractivity contribution in [2.24, 2.45) is 17.1 Å². The predicted molar refractivity (Wildman–Crippen MR) is 67.0 cm³/mol. The molecule has 16 heavy (non-hydrogen) atoms. The fraction of sp³-hybridized carbons (Fsp3) is 0.923. The van der Waals surface area contributed by atoms with Gasteiger partial charge in [-0.05, 0) is 31.2 Å². The van der Waals surface area contributed by atoms with Crippen LogP contribution >= 0.6 is 0 Å². The van der Waals surface area contributed by atoms with Crippen molar-refractivity contribution >= 4 is 5.91 Å². The lowest BCUT2D eigenvalue weighted by atomic mass is 9.80. The van der Waals surface area contributed by atoms with Crippen LogP contribution in [0.4, 0.5) is 0 Å². The lowest BCUT2D eigenvalue weighted by Crippen LogP contribution is -2.46. The van der Waals surface area contributed by atoms with Crippen molar-refractivity contribution in [2.75, 3.05) is 19.6 Å². The van der Waals surface area contributed by atoms with Crippen molar-refractivity contribution in [3.63, 3.8) is 0 Å². The summed E-state index contributed by atoms with van der Waals surface area (Å²) < 4.78 is 0. The first kappa shape index (κ1) is 13.5. The van der Waals surface area contributed by atoms with Crippen LogP contribution < -0.4 is 5.73 Å². The van der Waals surface area contributed by atoms with Crippen LogP contribution in [0.15, 0.2) is 0 Å². The van der Waals surface area contributed by atoms with E-state index in [2.05, 4.69) is 13.8 Å². The number of carbonyl (C=O) groups is 1. The average molecular weight is 226 g/mol. The molecule has 94 valence electrons. The summed E-state index contributed by atoms with van der Waals surface area (Å²) >= 11 is 0. The van der Waals surface area contributed by atoms with Gasteiger partial charge in [0, 0.05) is 19.0 Å². The molecule has 3 nitrogen and oxygen atoms in total. The molecule has 0 bridgehead atoms. The number of piperidine rings is 1. The Labute approximate surface area is 99.4 Å². The molecule has 0 radical (unpaired) electrons. The standard InChI is InChI=1S/C13H26N2O/c1-4-5-11(2)12(16)15-8-6-13(3,10-14)7-9-15/h11H,4-10,14H2,1-3H3. The Hall–Kier alpha value is -0.570. The number of nitrogens with two attached hydrogens (primary N) is 1. The molecule has 1 aliphatic heterocycles. The van der Waals surface area contributed by atoms with Gasteiger partial charge in [-0.2, -0.15) is 0 Å². The molecule has 3 heteroatoms. The van der Waals surface area contributed by atoms with Gasteiger partial charge in [-0.1, -0.05) is 27.2 Å². The molecule has 0 aliphatic carbocycles. The Morgan fingerprint density at radius 3 is 2.44 bits per heavy atom. The van der Waals surface area contributed by atoms with E-state index in [-0.39, 0.29) is 11.3 Å². The van der Waals surface area contributed by atoms with Gasteiger partial charge in [0.05, 0.1) is 0 Å². The van der Waals surface area contributed by atoms with Gasteiger partial charge in [-0.15, -0.1) is 0 Å². The molecule has 1 rings (SSSR count). The van der Waals surface area contributed by atoms with Crippen LogP contribution in [0.25, 0.3) is 0 Å². The second-order valence-corrected chi connectivity index (χ2v) is 5.53. The van der Waals surface area contributed by atoms with Crippen molar-refractivity contribution in [2.45, 2.75) is 46.5 Å². The number of likely N-dealkylation sites (tertiary alicyclic amines) is 1. The van der Waals surface area contributed by atoms with E-state index in [1.165, 1.54) is 0 Å². The third-order valence-electron chi connectivity index (χ3n) is 3.92. The van der Waals surface area contributed by atoms with E-state index in [0.29, 0.717) is 5.91 Å². The maximum atomic E-state index is 12.1. The topological polar surface area (TPSA) is 46.3 Å². The molecule has 2 N–H and O–H groups in total. The molecular weight excluding hydrogens is 200 g/mol. The first-order chi connectivity index (χ1) is 7.52. The fourth-order valence-electron chi connectivity index (χ4n) is 2.34. The van der Waals surface area contributed by atoms with Crippen molar-refractivity contribution in [3.05, 3.63) is 0 Å². The van der Waals surface area contributed by atoms with Gasteiger partial charge < -0.3 is 10.6 Å². The summed E-state index contributed by atoms with van der Waals surface area (Å²) in [5, 5.41) is 0. The summed E-state index contributed by atoms with van der Waals surface area (Å²) in [6.07, 6.45) is 4.19. The molecule has 0 spiro atoms. The van der Waals surface area contributed by atoms with E-state index < -0.39 is 0 Å². The maximum Gasteiger partial charge on any atom is 0.225 e. The second kappa shape index (κ2) is 5.67. The third-order valence-corrected chi connectivity index (χ3v) is 3.92. The van der Waals surface area contributed by atoms with Gasteiger partial charge in [0.15, 0.2) is 0 Å². The summed E-state index contributed by atoms with van der Waals surface area (Å²) in [5.74, 6) is 0.521. The molecule has 1 unspecified atom stereocenters. The van der Waals surface area contributed by atoms with Crippen LogP contribution in [0.3, 0.4) is 0 Å². The lowest BCUT2D eigenvalue weighted by Gasteiger charge is -2.39. The molecule has 0 aromatic heterocycles. The molecule has 0 aromatic carbocycles. The van der Waals surface area contributed by atoms with E-state index in [4.69, 9.17) is 5.73 Å². The summed E-state index contributed by atoms with van der Waals surface area (Å²) in [4.78, 5) is 14.1. The summed E-state index contributed by atoms with van der Waals surface area (Å²) in [7, 11) is 0. The van der Waals surface area contributed by atoms with Crippen molar-refractivity contribution < 1.29 is 4.79 Å². The van der Waals surface area contributed by atoms with Gasteiger partial charge in [0.1, 0.15) is 0 Å². The summed E-state index contributed by atoms with van der Waals surface area (Å²) in [6.45, 7) is 8.92. The van der Waals surface area contributed by atoms with Crippen molar-refractivity contribution in [1.29, 1.82) is 0 Å². The first-order valence-corrected chi connectivity index (χ1v) is 6.51. The third kappa shape index (κ3) is 3.21. The monoisotopic (exact) mass is 226 g/mol. The number of hydrogen-bond donors (Lipinski definition) is 1. The molecule has 1 atom stereocenters. The van der Waals surface area contributed by atoms with Crippen molar-refractivity contribution in [1.82, 2.24) is 4.90 Å². The largest absolute Gasteiger partial charge is 0.342 e. The highest BCUT2D eigenvalue weighted by Gasteiger charge is 2.31. The zero-order valence-corrected chi connectivity index (χ0v) is 11.0. The van der Waals surface area contributed by atoms with Crippen LogP contribution in [0, 0.1) is 11.3 Å². The molecule has 1 aliphatic rings. The SMILES string of the molecule is CCCC(C)C(=O)N1CCC(C)(CN)CC1. The summed E-state index contributed by atoms with van der Waals surface area (Å²) in [6, 6.07) is 0. The zero-order valence-electron chi connectivity index (χ0n) is 11.0. The highest BCUT2D eigenvalue weighted by molar-refractivity contribution is 5.78. The molecule has 1 saturated heterocycles. The van der Waals surface area contributed by atoms with Gasteiger partial charge >= 0.3 is 0 Å². The number of nitrogens with zero attached hydrogens (tertiary/aromatic N) is 1. The molecular formula is C13H26N2O. The van der Waals surface area contributed by atoms with Gasteiger partial charge in [-0.3, -0.25) is 4.79 Å². The number of hydrogen-bond acceptors (Lipinski definition) is 2. The van der Waals surface area contributed by atoms with Crippen LogP contribution in [-0.2, 0) is 4.79 Å². The average Bonchev–Trinajstić information content (AvgIpc) is 2.29. The fourth-order valence-corrected chi connectivity index (χ4v) is 2.34. The Kier molecular flexibility index (Phi) is 4.78. The number of rotatable bonds is 4. The molecule has 1 heterocycles. The smallest absolute Gasteiger partial charge is 0.225 e. The number of amides is 1. The van der Waals surface area contributed by atoms with E-state index in [1.54, 1.807) is 0 Å². The molecule has 0 saturated carbocycles. The van der Waals surface area contributed by atoms with E-state index in [9.17, 15) is 4.79 Å². The molecule has 1 fully saturated rings. The van der Waals surface area contributed by atoms with Crippen molar-refractivity contribution in [3.8, 4) is 0 Å². The Balaban J connectivity index is 2.44. The van der Waals surface area contributed by atoms with Crippen LogP contribution in [-0.4, -0.2) is 30.4 Å². The minimum absolute atomic E-state index is 0.187. The first-order valence-electron chi connectivity index (χ1n) is 6.51. The van der Waals surface area contributed by atoms with Gasteiger partial charge in [0.2, 0.25) is 5.91 Å². The zero-order chi connectivity index (χ0) is 12.2. The quantitative estimate of drug-likeness (QED) is 0.797. The predicted octanol–water partition coefficient (Wildman–Crippen LogP) is 2.01. The highest BCUT2D eigenvalue weighted by Crippen LogP contribution is 2.30. The number of carbonyl (C=O) groups excluding carboxylic acids is 1. The van der Waals surface area contributed by atoms with Crippen LogP contribution in [0.5, 0.6) is 0 Å². The van der Waals surface area contributed by atoms with Gasteiger partial charge in [0.25, 0.3) is 0 Å². The summed E-state index contributed by atoms with van der Waals surface area (Å²) in [5.41, 5.74) is 6.02. The van der Waals surface area contributed by atoms with E-state index in [1.807, 2.05) is 11.8 Å². The Bertz CT molecular complexity index is 232. The highest BCUT2D eigenvalue weighted by atomic mass is 16.2. The molecule has 1 amide bonds. The lowest BCUT2D eigenvalue weighted by molar-refractivity contribution is -0.137. The Morgan fingerprint density at radius 1 is 1.44 bits per heavy atom. The molecule has 0 aromatic rings. The van der Waals surface area contributed by atoms with Crippen LogP contribution in [0.1, 0.15) is 46.5 Å². The minimum Gasteiger partial charge on any atom is -0.342 e. The maximum absolute atomic E-state index is 12.1. The normalized spacial score (nSPS) is 21.9. The minimum atomic E-state index is 0.187.